The fraction of sp³-hybridized carbons (Fsp3) is 0.636. The molecule has 0 bridgehead atoms. The second-order valence-electron chi connectivity index (χ2n) is 4.24. The number of hydrogen-bond acceptors (Lipinski definition) is 6. The summed E-state index contributed by atoms with van der Waals surface area (Å²) in [7, 11) is 3.75. The monoisotopic (exact) mass is 237 g/mol. The van der Waals surface area contributed by atoms with E-state index in [-0.39, 0.29) is 0 Å². The fourth-order valence-corrected chi connectivity index (χ4v) is 1.78. The van der Waals surface area contributed by atoms with Gasteiger partial charge in [0, 0.05) is 32.2 Å². The number of ether oxygens (including phenoxy) is 1. The molecule has 0 aromatic carbocycles. The zero-order chi connectivity index (χ0) is 12.3. The predicted molar refractivity (Wildman–Crippen MR) is 66.0 cm³/mol. The number of likely N-dealkylation sites (N-methyl/N-ethyl adjacent to an activating group) is 1. The van der Waals surface area contributed by atoms with E-state index in [0.717, 1.165) is 32.0 Å². The molecule has 0 atom stereocenters. The number of anilines is 1. The molecular weight excluding hydrogens is 218 g/mol. The summed E-state index contributed by atoms with van der Waals surface area (Å²) in [5.41, 5.74) is 3.29. The lowest BCUT2D eigenvalue weighted by atomic mass is 10.4. The Morgan fingerprint density at radius 1 is 1.24 bits per heavy atom. The fourth-order valence-electron chi connectivity index (χ4n) is 1.78. The van der Waals surface area contributed by atoms with Gasteiger partial charge in [-0.2, -0.15) is 4.98 Å². The summed E-state index contributed by atoms with van der Waals surface area (Å²) in [5, 5.41) is 2.17. The number of nitrogens with zero attached hydrogens (tertiary/aromatic N) is 4. The topological polar surface area (TPSA) is 53.5 Å². The molecule has 1 aliphatic rings. The quantitative estimate of drug-likeness (QED) is 0.819. The van der Waals surface area contributed by atoms with Crippen LogP contribution in [0.4, 0.5) is 5.82 Å². The molecule has 0 unspecified atom stereocenters. The van der Waals surface area contributed by atoms with Crippen molar-refractivity contribution in [3.8, 4) is 5.88 Å². The second-order valence-corrected chi connectivity index (χ2v) is 4.24. The van der Waals surface area contributed by atoms with Gasteiger partial charge in [-0.25, -0.2) is 9.99 Å². The minimum atomic E-state index is 0.592. The van der Waals surface area contributed by atoms with Crippen molar-refractivity contribution < 1.29 is 4.74 Å². The van der Waals surface area contributed by atoms with Gasteiger partial charge in [0.15, 0.2) is 0 Å². The Labute approximate surface area is 102 Å². The summed E-state index contributed by atoms with van der Waals surface area (Å²) in [6.45, 7) is 5.96. The standard InChI is InChI=1S/C11H19N5O/c1-9-12-10(8-11(13-9)17-3)14-16-6-4-15(2)5-7-16/h8H,4-7H2,1-3H3,(H,12,13,14). The molecule has 0 spiro atoms. The van der Waals surface area contributed by atoms with E-state index in [0.29, 0.717) is 11.7 Å². The first-order valence-corrected chi connectivity index (χ1v) is 5.77. The van der Waals surface area contributed by atoms with Gasteiger partial charge >= 0.3 is 0 Å². The Morgan fingerprint density at radius 2 is 1.94 bits per heavy atom. The van der Waals surface area contributed by atoms with Crippen LogP contribution in [-0.4, -0.2) is 60.2 Å². The van der Waals surface area contributed by atoms with Gasteiger partial charge in [0.2, 0.25) is 5.88 Å². The Kier molecular flexibility index (Phi) is 3.75. The van der Waals surface area contributed by atoms with Gasteiger partial charge in [-0.3, -0.25) is 0 Å². The van der Waals surface area contributed by atoms with E-state index in [1.165, 1.54) is 0 Å². The van der Waals surface area contributed by atoms with Crippen molar-refractivity contribution in [1.29, 1.82) is 0 Å². The number of aromatic nitrogens is 2. The van der Waals surface area contributed by atoms with Crippen molar-refractivity contribution in [3.05, 3.63) is 11.9 Å². The third-order valence-electron chi connectivity index (χ3n) is 2.80. The number of nitrogens with one attached hydrogen (secondary N) is 1. The number of piperazine rings is 1. The minimum absolute atomic E-state index is 0.592. The maximum absolute atomic E-state index is 5.12. The number of rotatable bonds is 3. The van der Waals surface area contributed by atoms with Crippen LogP contribution < -0.4 is 10.2 Å². The molecule has 0 amide bonds. The van der Waals surface area contributed by atoms with Crippen molar-refractivity contribution in [1.82, 2.24) is 19.9 Å². The molecule has 0 aliphatic carbocycles. The molecule has 17 heavy (non-hydrogen) atoms. The van der Waals surface area contributed by atoms with Gasteiger partial charge in [0.1, 0.15) is 11.6 Å². The highest BCUT2D eigenvalue weighted by atomic mass is 16.5. The molecule has 2 heterocycles. The van der Waals surface area contributed by atoms with Crippen LogP contribution >= 0.6 is 0 Å². The molecule has 0 saturated carbocycles. The summed E-state index contributed by atoms with van der Waals surface area (Å²) in [6, 6.07) is 1.81. The van der Waals surface area contributed by atoms with E-state index in [9.17, 15) is 0 Å². The highest BCUT2D eigenvalue weighted by Gasteiger charge is 2.14. The first kappa shape index (κ1) is 12.1. The van der Waals surface area contributed by atoms with Crippen molar-refractivity contribution in [2.75, 3.05) is 45.8 Å². The van der Waals surface area contributed by atoms with E-state index in [4.69, 9.17) is 4.74 Å². The molecule has 1 aromatic rings. The number of methoxy groups -OCH3 is 1. The molecule has 1 N–H and O–H groups in total. The molecule has 1 saturated heterocycles. The normalized spacial score (nSPS) is 18.1. The van der Waals surface area contributed by atoms with Crippen LogP contribution in [0.2, 0.25) is 0 Å². The molecule has 6 nitrogen and oxygen atoms in total. The first-order valence-electron chi connectivity index (χ1n) is 5.77. The largest absolute Gasteiger partial charge is 0.481 e. The average molecular weight is 237 g/mol. The smallest absolute Gasteiger partial charge is 0.218 e. The SMILES string of the molecule is COc1cc(NN2CCN(C)CC2)nc(C)n1. The first-order chi connectivity index (χ1) is 8.17. The summed E-state index contributed by atoms with van der Waals surface area (Å²) in [4.78, 5) is 10.8. The molecule has 0 radical (unpaired) electrons. The molecule has 1 fully saturated rings. The Hall–Kier alpha value is -1.40. The molecule has 6 heteroatoms. The molecule has 1 aromatic heterocycles. The zero-order valence-corrected chi connectivity index (χ0v) is 10.6. The van der Waals surface area contributed by atoms with Crippen LogP contribution in [0.25, 0.3) is 0 Å². The van der Waals surface area contributed by atoms with E-state index in [1.807, 2.05) is 13.0 Å². The number of hydrogen-bond donors (Lipinski definition) is 1. The lowest BCUT2D eigenvalue weighted by Gasteiger charge is -2.32. The summed E-state index contributed by atoms with van der Waals surface area (Å²) >= 11 is 0. The Morgan fingerprint density at radius 3 is 2.59 bits per heavy atom. The minimum Gasteiger partial charge on any atom is -0.481 e. The van der Waals surface area contributed by atoms with E-state index < -0.39 is 0 Å². The zero-order valence-electron chi connectivity index (χ0n) is 10.6. The average Bonchev–Trinajstić information content (AvgIpc) is 2.31. The number of aryl methyl sites for hydroxylation is 1. The Bertz CT molecular complexity index is 376. The van der Waals surface area contributed by atoms with Crippen LogP contribution in [0, 0.1) is 6.92 Å². The van der Waals surface area contributed by atoms with Gasteiger partial charge in [-0.05, 0) is 14.0 Å². The molecule has 1 aliphatic heterocycles. The lowest BCUT2D eigenvalue weighted by molar-refractivity contribution is 0.178. The summed E-state index contributed by atoms with van der Waals surface area (Å²) < 4.78 is 5.12. The van der Waals surface area contributed by atoms with Crippen molar-refractivity contribution in [3.63, 3.8) is 0 Å². The van der Waals surface area contributed by atoms with Crippen LogP contribution in [0.3, 0.4) is 0 Å². The maximum atomic E-state index is 5.12. The van der Waals surface area contributed by atoms with Gasteiger partial charge in [-0.1, -0.05) is 0 Å². The van der Waals surface area contributed by atoms with Crippen LogP contribution in [-0.2, 0) is 0 Å². The summed E-state index contributed by atoms with van der Waals surface area (Å²) in [6.07, 6.45) is 0. The van der Waals surface area contributed by atoms with Gasteiger partial charge in [0.05, 0.1) is 7.11 Å². The van der Waals surface area contributed by atoms with Crippen molar-refractivity contribution in [2.24, 2.45) is 0 Å². The highest BCUT2D eigenvalue weighted by molar-refractivity contribution is 5.37. The molecule has 2 rings (SSSR count). The van der Waals surface area contributed by atoms with E-state index >= 15 is 0 Å². The van der Waals surface area contributed by atoms with Crippen molar-refractivity contribution in [2.45, 2.75) is 6.92 Å². The predicted octanol–water partition coefficient (Wildman–Crippen LogP) is 0.368. The van der Waals surface area contributed by atoms with Crippen LogP contribution in [0.1, 0.15) is 5.82 Å². The third kappa shape index (κ3) is 3.28. The van der Waals surface area contributed by atoms with Gasteiger partial charge in [-0.15, -0.1) is 0 Å². The van der Waals surface area contributed by atoms with Crippen LogP contribution in [0.5, 0.6) is 5.88 Å². The highest BCUT2D eigenvalue weighted by Crippen LogP contribution is 2.13. The summed E-state index contributed by atoms with van der Waals surface area (Å²) in [5.74, 6) is 2.09. The van der Waals surface area contributed by atoms with Crippen LogP contribution in [0.15, 0.2) is 6.07 Å². The third-order valence-corrected chi connectivity index (χ3v) is 2.80. The molecule has 94 valence electrons. The molecular formula is C11H19N5O. The lowest BCUT2D eigenvalue weighted by Crippen LogP contribution is -2.47. The number of hydrazine groups is 1. The van der Waals surface area contributed by atoms with Gasteiger partial charge in [0.25, 0.3) is 0 Å². The second kappa shape index (κ2) is 5.29. The Balaban J connectivity index is 2.00. The van der Waals surface area contributed by atoms with Gasteiger partial charge < -0.3 is 15.1 Å². The maximum Gasteiger partial charge on any atom is 0.218 e. The van der Waals surface area contributed by atoms with E-state index in [1.54, 1.807) is 7.11 Å². The van der Waals surface area contributed by atoms with E-state index in [2.05, 4.69) is 32.4 Å². The van der Waals surface area contributed by atoms with Crippen molar-refractivity contribution >= 4 is 5.82 Å².